The van der Waals surface area contributed by atoms with Crippen LogP contribution in [-0.2, 0) is 15.0 Å². The summed E-state index contributed by atoms with van der Waals surface area (Å²) in [6, 6.07) is 3.74. The van der Waals surface area contributed by atoms with Crippen molar-refractivity contribution in [1.29, 1.82) is 0 Å². The fourth-order valence-electron chi connectivity index (χ4n) is 2.10. The zero-order valence-electron chi connectivity index (χ0n) is 12.9. The number of carbonyl (C=O) groups excluding carboxylic acids is 2. The maximum Gasteiger partial charge on any atom is 0.336 e. The summed E-state index contributed by atoms with van der Waals surface area (Å²) < 4.78 is 10.8. The third-order valence-corrected chi connectivity index (χ3v) is 3.14. The number of rotatable bonds is 1. The molecule has 21 heavy (non-hydrogen) atoms. The van der Waals surface area contributed by atoms with E-state index >= 15 is 0 Å². The predicted octanol–water partition coefficient (Wildman–Crippen LogP) is 2.43. The molecule has 0 fully saturated rings. The minimum Gasteiger partial charge on any atom is -0.419 e. The number of benzene rings is 1. The van der Waals surface area contributed by atoms with Gasteiger partial charge >= 0.3 is 11.9 Å². The van der Waals surface area contributed by atoms with Crippen molar-refractivity contribution in [1.82, 2.24) is 0 Å². The maximum atomic E-state index is 11.8. The van der Waals surface area contributed by atoms with Crippen molar-refractivity contribution in [2.24, 2.45) is 0 Å². The van der Waals surface area contributed by atoms with Crippen LogP contribution in [0.25, 0.3) is 0 Å². The van der Waals surface area contributed by atoms with Crippen molar-refractivity contribution in [3.63, 3.8) is 0 Å². The van der Waals surface area contributed by atoms with Gasteiger partial charge in [-0.25, -0.2) is 9.59 Å². The summed E-state index contributed by atoms with van der Waals surface area (Å²) in [4.78, 5) is 25.3. The van der Waals surface area contributed by atoms with Gasteiger partial charge in [-0.3, -0.25) is 0 Å². The molecular formula is C16H19NO4. The Bertz CT molecular complexity index is 624. The second-order valence-corrected chi connectivity index (χ2v) is 6.11. The second kappa shape index (κ2) is 5.24. The van der Waals surface area contributed by atoms with Crippen molar-refractivity contribution < 1.29 is 19.1 Å². The fourth-order valence-corrected chi connectivity index (χ4v) is 2.10. The van der Waals surface area contributed by atoms with Crippen LogP contribution in [0.3, 0.4) is 0 Å². The Morgan fingerprint density at radius 1 is 0.905 bits per heavy atom. The number of fused-ring (bicyclic) bond motifs is 1. The number of nitrogens with zero attached hydrogens (tertiary/aromatic N) is 1. The second-order valence-electron chi connectivity index (χ2n) is 6.11. The van der Waals surface area contributed by atoms with E-state index in [1.165, 1.54) is 0 Å². The van der Waals surface area contributed by atoms with Gasteiger partial charge < -0.3 is 14.4 Å². The van der Waals surface area contributed by atoms with E-state index in [1.54, 1.807) is 4.90 Å². The number of ether oxygens (including phenoxy) is 2. The van der Waals surface area contributed by atoms with Crippen molar-refractivity contribution >= 4 is 17.6 Å². The average molecular weight is 289 g/mol. The molecule has 0 unspecified atom stereocenters. The van der Waals surface area contributed by atoms with Gasteiger partial charge in [0, 0.05) is 31.8 Å². The van der Waals surface area contributed by atoms with Crippen LogP contribution in [0.15, 0.2) is 24.3 Å². The molecular weight excluding hydrogens is 270 g/mol. The van der Waals surface area contributed by atoms with E-state index in [1.807, 2.05) is 47.0 Å². The third kappa shape index (κ3) is 3.07. The first-order valence-corrected chi connectivity index (χ1v) is 6.66. The first kappa shape index (κ1) is 15.1. The van der Waals surface area contributed by atoms with E-state index in [0.717, 1.165) is 17.7 Å². The summed E-state index contributed by atoms with van der Waals surface area (Å²) in [5, 5.41) is 0. The molecule has 112 valence electrons. The molecule has 1 heterocycles. The van der Waals surface area contributed by atoms with Crippen molar-refractivity contribution in [3.05, 3.63) is 29.8 Å². The van der Waals surface area contributed by atoms with Crippen LogP contribution in [0.2, 0.25) is 0 Å². The Balaban J connectivity index is 2.73. The van der Waals surface area contributed by atoms with Crippen molar-refractivity contribution in [2.45, 2.75) is 26.2 Å². The zero-order chi connectivity index (χ0) is 15.8. The Labute approximate surface area is 124 Å². The van der Waals surface area contributed by atoms with E-state index in [-0.39, 0.29) is 11.2 Å². The van der Waals surface area contributed by atoms with Crippen LogP contribution in [-0.4, -0.2) is 26.0 Å². The van der Waals surface area contributed by atoms with Gasteiger partial charge in [0.1, 0.15) is 0 Å². The van der Waals surface area contributed by atoms with E-state index in [9.17, 15) is 9.59 Å². The summed E-state index contributed by atoms with van der Waals surface area (Å²) >= 11 is 0. The standard InChI is InChI=1S/C16H19NO4/c1-16(2,3)10-6-7-11(17(4)5)15-14(10)20-12(18)8-9-13(19)21-15/h6-9H,1-5H3/b9-8-. The zero-order valence-corrected chi connectivity index (χ0v) is 12.9. The molecule has 0 aliphatic carbocycles. The number of anilines is 1. The van der Waals surface area contributed by atoms with E-state index in [0.29, 0.717) is 11.4 Å². The van der Waals surface area contributed by atoms with Crippen molar-refractivity contribution in [2.75, 3.05) is 19.0 Å². The molecule has 0 saturated heterocycles. The highest BCUT2D eigenvalue weighted by molar-refractivity contribution is 5.96. The molecule has 0 spiro atoms. The third-order valence-electron chi connectivity index (χ3n) is 3.14. The molecule has 0 amide bonds. The molecule has 1 aromatic carbocycles. The first-order chi connectivity index (χ1) is 9.70. The monoisotopic (exact) mass is 289 g/mol. The van der Waals surface area contributed by atoms with Crippen LogP contribution in [0.5, 0.6) is 11.5 Å². The van der Waals surface area contributed by atoms with Crippen LogP contribution >= 0.6 is 0 Å². The largest absolute Gasteiger partial charge is 0.419 e. The van der Waals surface area contributed by atoms with Crippen LogP contribution in [0.1, 0.15) is 26.3 Å². The minimum atomic E-state index is -0.595. The van der Waals surface area contributed by atoms with Crippen LogP contribution < -0.4 is 14.4 Å². The molecule has 2 rings (SSSR count). The normalized spacial score (nSPS) is 16.2. The quantitative estimate of drug-likeness (QED) is 0.587. The minimum absolute atomic E-state index is 0.259. The summed E-state index contributed by atoms with van der Waals surface area (Å²) in [6.45, 7) is 6.01. The number of carbonyl (C=O) groups is 2. The molecule has 5 heteroatoms. The first-order valence-electron chi connectivity index (χ1n) is 6.66. The smallest absolute Gasteiger partial charge is 0.336 e. The lowest BCUT2D eigenvalue weighted by Crippen LogP contribution is -2.21. The molecule has 0 N–H and O–H groups in total. The lowest BCUT2D eigenvalue weighted by atomic mass is 9.85. The Morgan fingerprint density at radius 3 is 1.90 bits per heavy atom. The van der Waals surface area contributed by atoms with Gasteiger partial charge in [-0.2, -0.15) is 0 Å². The Hall–Kier alpha value is -2.30. The molecule has 0 atom stereocenters. The number of hydrogen-bond acceptors (Lipinski definition) is 5. The summed E-state index contributed by atoms with van der Waals surface area (Å²) in [5.74, 6) is -0.608. The Morgan fingerprint density at radius 2 is 1.43 bits per heavy atom. The lowest BCUT2D eigenvalue weighted by molar-refractivity contribution is -0.133. The van der Waals surface area contributed by atoms with E-state index in [2.05, 4.69) is 0 Å². The molecule has 5 nitrogen and oxygen atoms in total. The van der Waals surface area contributed by atoms with Gasteiger partial charge in [0.25, 0.3) is 0 Å². The number of hydrogen-bond donors (Lipinski definition) is 0. The van der Waals surface area contributed by atoms with Crippen LogP contribution in [0, 0.1) is 0 Å². The SMILES string of the molecule is CN(C)c1ccc(C(C)(C)C)c2c1OC(=O)/C=C\C(=O)O2. The van der Waals surface area contributed by atoms with Gasteiger partial charge in [0.2, 0.25) is 0 Å². The van der Waals surface area contributed by atoms with Gasteiger partial charge in [-0.1, -0.05) is 26.8 Å². The van der Waals surface area contributed by atoms with Gasteiger partial charge in [-0.05, 0) is 11.5 Å². The fraction of sp³-hybridized carbons (Fsp3) is 0.375. The van der Waals surface area contributed by atoms with Gasteiger partial charge in [0.15, 0.2) is 11.5 Å². The van der Waals surface area contributed by atoms with Gasteiger partial charge in [0.05, 0.1) is 5.69 Å². The molecule has 0 radical (unpaired) electrons. The highest BCUT2D eigenvalue weighted by Crippen LogP contribution is 2.45. The highest BCUT2D eigenvalue weighted by atomic mass is 16.6. The van der Waals surface area contributed by atoms with E-state index in [4.69, 9.17) is 9.47 Å². The number of esters is 2. The molecule has 1 aliphatic rings. The molecule has 0 bridgehead atoms. The molecule has 1 aliphatic heterocycles. The van der Waals surface area contributed by atoms with E-state index < -0.39 is 11.9 Å². The summed E-state index contributed by atoms with van der Waals surface area (Å²) in [7, 11) is 3.66. The lowest BCUT2D eigenvalue weighted by Gasteiger charge is -2.27. The average Bonchev–Trinajstić information content (AvgIpc) is 2.34. The summed E-state index contributed by atoms with van der Waals surface area (Å²) in [6.07, 6.45) is 2.13. The summed E-state index contributed by atoms with van der Waals surface area (Å²) in [5.41, 5.74) is 1.22. The van der Waals surface area contributed by atoms with Crippen molar-refractivity contribution in [3.8, 4) is 11.5 Å². The molecule has 1 aromatic rings. The van der Waals surface area contributed by atoms with Gasteiger partial charge in [-0.15, -0.1) is 0 Å². The molecule has 0 aromatic heterocycles. The highest BCUT2D eigenvalue weighted by Gasteiger charge is 2.28. The Kier molecular flexibility index (Phi) is 3.77. The topological polar surface area (TPSA) is 55.8 Å². The molecule has 0 saturated carbocycles. The van der Waals surface area contributed by atoms with Crippen LogP contribution in [0.4, 0.5) is 5.69 Å². The predicted molar refractivity (Wildman–Crippen MR) is 79.9 cm³/mol. The maximum absolute atomic E-state index is 11.8.